The third kappa shape index (κ3) is 6.59. The van der Waals surface area contributed by atoms with Crippen LogP contribution in [-0.4, -0.2) is 46.5 Å². The van der Waals surface area contributed by atoms with E-state index in [1.54, 1.807) is 19.2 Å². The first-order chi connectivity index (χ1) is 19.6. The number of fused-ring (bicyclic) bond motifs is 1. The number of pyridine rings is 1. The van der Waals surface area contributed by atoms with Crippen molar-refractivity contribution >= 4 is 17.9 Å². The molecule has 214 valence electrons. The third-order valence-electron chi connectivity index (χ3n) is 7.65. The van der Waals surface area contributed by atoms with Crippen LogP contribution in [0.2, 0.25) is 0 Å². The van der Waals surface area contributed by atoms with E-state index in [1.165, 1.54) is 11.8 Å². The quantitative estimate of drug-likeness (QED) is 0.391. The maximum Gasteiger partial charge on any atom is 0.339 e. The van der Waals surface area contributed by atoms with Crippen molar-refractivity contribution in [1.82, 2.24) is 20.5 Å². The molecule has 0 bridgehead atoms. The van der Waals surface area contributed by atoms with Crippen LogP contribution in [0.25, 0.3) is 11.1 Å². The molecule has 2 N–H and O–H groups in total. The Morgan fingerprint density at radius 2 is 1.83 bits per heavy atom. The molecule has 2 heterocycles. The maximum atomic E-state index is 13.1. The van der Waals surface area contributed by atoms with Gasteiger partial charge >= 0.3 is 12.0 Å². The number of carbonyl (C=O) groups excluding carboxylic acids is 3. The highest BCUT2D eigenvalue weighted by Gasteiger charge is 2.43. The van der Waals surface area contributed by atoms with E-state index in [-0.39, 0.29) is 35.9 Å². The molecule has 2 unspecified atom stereocenters. The Hall–Kier alpha value is -4.20. The number of urea groups is 1. The monoisotopic (exact) mass is 554 g/mol. The molecule has 1 aliphatic heterocycles. The van der Waals surface area contributed by atoms with Crippen LogP contribution in [-0.2, 0) is 29.0 Å². The molecule has 0 saturated heterocycles. The number of ether oxygens (including phenoxy) is 1. The predicted octanol–water partition coefficient (Wildman–Crippen LogP) is 5.21. The number of carbonyl (C=O) groups is 3. The SMILES string of the molecule is CCOC(=O)c1cncc(-c2ccc(CNC(=O)C3CC3c3ccccc3)c3c2CCN(C(=O)NC(C)(C)C)C3)c1. The number of rotatable bonds is 7. The van der Waals surface area contributed by atoms with Crippen molar-refractivity contribution in [2.45, 2.75) is 65.1 Å². The molecule has 2 aliphatic rings. The second kappa shape index (κ2) is 11.7. The number of esters is 1. The minimum atomic E-state index is -0.408. The summed E-state index contributed by atoms with van der Waals surface area (Å²) < 4.78 is 5.17. The van der Waals surface area contributed by atoms with Crippen molar-refractivity contribution in [2.24, 2.45) is 5.92 Å². The first kappa shape index (κ1) is 28.3. The number of aromatic nitrogens is 1. The lowest BCUT2D eigenvalue weighted by Gasteiger charge is -2.34. The molecule has 5 rings (SSSR count). The lowest BCUT2D eigenvalue weighted by Crippen LogP contribution is -2.50. The molecule has 8 nitrogen and oxygen atoms in total. The normalized spacial score (nSPS) is 17.8. The molecule has 8 heteroatoms. The highest BCUT2D eigenvalue weighted by atomic mass is 16.5. The topological polar surface area (TPSA) is 101 Å². The number of hydrogen-bond acceptors (Lipinski definition) is 5. The summed E-state index contributed by atoms with van der Waals surface area (Å²) in [5.74, 6) is -0.100. The van der Waals surface area contributed by atoms with Crippen molar-refractivity contribution in [3.05, 3.63) is 88.7 Å². The van der Waals surface area contributed by atoms with E-state index in [9.17, 15) is 14.4 Å². The molecule has 3 amide bonds. The van der Waals surface area contributed by atoms with E-state index in [0.29, 0.717) is 31.6 Å². The predicted molar refractivity (Wildman–Crippen MR) is 157 cm³/mol. The van der Waals surface area contributed by atoms with Crippen LogP contribution in [0.15, 0.2) is 60.9 Å². The van der Waals surface area contributed by atoms with Crippen LogP contribution >= 0.6 is 0 Å². The molecular weight excluding hydrogens is 516 g/mol. The summed E-state index contributed by atoms with van der Waals surface area (Å²) in [5.41, 5.74) is 6.14. The van der Waals surface area contributed by atoms with Gasteiger partial charge in [-0.25, -0.2) is 9.59 Å². The number of hydrogen-bond donors (Lipinski definition) is 2. The standard InChI is InChI=1S/C33H38N4O4/c1-5-41-31(39)24-15-23(17-34-18-24)25-12-11-22(19-35-30(38)28-16-27(28)21-9-7-6-8-10-21)29-20-37(14-13-26(25)29)32(40)36-33(2,3)4/h6-12,15,17-18,27-28H,5,13-14,16,19-20H2,1-4H3,(H,35,38)(H,36,40). The van der Waals surface area contributed by atoms with Gasteiger partial charge in [0.15, 0.2) is 0 Å². The van der Waals surface area contributed by atoms with Crippen molar-refractivity contribution in [2.75, 3.05) is 13.2 Å². The second-order valence-corrected chi connectivity index (χ2v) is 11.8. The van der Waals surface area contributed by atoms with Crippen LogP contribution in [0.3, 0.4) is 0 Å². The lowest BCUT2D eigenvalue weighted by atomic mass is 9.87. The summed E-state index contributed by atoms with van der Waals surface area (Å²) >= 11 is 0. The van der Waals surface area contributed by atoms with Crippen molar-refractivity contribution in [3.8, 4) is 11.1 Å². The first-order valence-corrected chi connectivity index (χ1v) is 14.3. The highest BCUT2D eigenvalue weighted by Crippen LogP contribution is 2.47. The fourth-order valence-electron chi connectivity index (χ4n) is 5.53. The van der Waals surface area contributed by atoms with E-state index >= 15 is 0 Å². The molecule has 3 aromatic rings. The summed E-state index contributed by atoms with van der Waals surface area (Å²) in [6.45, 7) is 9.33. The summed E-state index contributed by atoms with van der Waals surface area (Å²) in [6, 6.07) is 15.9. The average molecular weight is 555 g/mol. The van der Waals surface area contributed by atoms with Gasteiger partial charge in [-0.15, -0.1) is 0 Å². The summed E-state index contributed by atoms with van der Waals surface area (Å²) in [5, 5.41) is 6.23. The van der Waals surface area contributed by atoms with Crippen molar-refractivity contribution in [3.63, 3.8) is 0 Å². The molecule has 0 radical (unpaired) electrons. The van der Waals surface area contributed by atoms with Crippen LogP contribution in [0.1, 0.15) is 72.6 Å². The summed E-state index contributed by atoms with van der Waals surface area (Å²) in [7, 11) is 0. The molecular formula is C33H38N4O4. The van der Waals surface area contributed by atoms with E-state index < -0.39 is 5.97 Å². The Kier molecular flexibility index (Phi) is 8.10. The Bertz CT molecular complexity index is 1450. The number of amides is 3. The summed E-state index contributed by atoms with van der Waals surface area (Å²) in [4.78, 5) is 44.7. The van der Waals surface area contributed by atoms with Crippen LogP contribution < -0.4 is 10.6 Å². The lowest BCUT2D eigenvalue weighted by molar-refractivity contribution is -0.122. The van der Waals surface area contributed by atoms with Gasteiger partial charge in [-0.05, 0) is 80.3 Å². The van der Waals surface area contributed by atoms with Gasteiger partial charge in [0.1, 0.15) is 0 Å². The van der Waals surface area contributed by atoms with Gasteiger partial charge in [0.25, 0.3) is 0 Å². The van der Waals surface area contributed by atoms with Crippen LogP contribution in [0.4, 0.5) is 4.79 Å². The van der Waals surface area contributed by atoms with Gasteiger partial charge in [0.2, 0.25) is 5.91 Å². The van der Waals surface area contributed by atoms with Gasteiger partial charge < -0.3 is 20.3 Å². The van der Waals surface area contributed by atoms with Crippen molar-refractivity contribution in [1.29, 1.82) is 0 Å². The van der Waals surface area contributed by atoms with E-state index in [1.807, 2.05) is 56.0 Å². The van der Waals surface area contributed by atoms with E-state index in [0.717, 1.165) is 34.2 Å². The molecule has 1 fully saturated rings. The van der Waals surface area contributed by atoms with Crippen LogP contribution in [0, 0.1) is 5.92 Å². The average Bonchev–Trinajstić information content (AvgIpc) is 3.76. The Morgan fingerprint density at radius 1 is 1.05 bits per heavy atom. The molecule has 2 atom stereocenters. The smallest absolute Gasteiger partial charge is 0.339 e. The minimum absolute atomic E-state index is 0.0155. The van der Waals surface area contributed by atoms with Gasteiger partial charge in [-0.2, -0.15) is 0 Å². The van der Waals surface area contributed by atoms with Crippen LogP contribution in [0.5, 0.6) is 0 Å². The van der Waals surface area contributed by atoms with Gasteiger partial charge in [-0.3, -0.25) is 9.78 Å². The number of nitrogens with zero attached hydrogens (tertiary/aromatic N) is 2. The second-order valence-electron chi connectivity index (χ2n) is 11.8. The maximum absolute atomic E-state index is 13.1. The molecule has 0 spiro atoms. The highest BCUT2D eigenvalue weighted by molar-refractivity contribution is 5.91. The zero-order valence-corrected chi connectivity index (χ0v) is 24.2. The molecule has 1 saturated carbocycles. The fourth-order valence-corrected chi connectivity index (χ4v) is 5.53. The van der Waals surface area contributed by atoms with Gasteiger partial charge in [0, 0.05) is 49.0 Å². The zero-order valence-electron chi connectivity index (χ0n) is 24.2. The molecule has 1 aliphatic carbocycles. The molecule has 41 heavy (non-hydrogen) atoms. The minimum Gasteiger partial charge on any atom is -0.462 e. The summed E-state index contributed by atoms with van der Waals surface area (Å²) in [6.07, 6.45) is 4.76. The molecule has 2 aromatic carbocycles. The van der Waals surface area contributed by atoms with Crippen molar-refractivity contribution < 1.29 is 19.1 Å². The largest absolute Gasteiger partial charge is 0.462 e. The Morgan fingerprint density at radius 3 is 2.56 bits per heavy atom. The molecule has 1 aromatic heterocycles. The van der Waals surface area contributed by atoms with E-state index in [4.69, 9.17) is 4.74 Å². The first-order valence-electron chi connectivity index (χ1n) is 14.3. The van der Waals surface area contributed by atoms with Gasteiger partial charge in [-0.1, -0.05) is 42.5 Å². The van der Waals surface area contributed by atoms with E-state index in [2.05, 4.69) is 27.8 Å². The fraction of sp³-hybridized carbons (Fsp3) is 0.394. The van der Waals surface area contributed by atoms with Gasteiger partial charge in [0.05, 0.1) is 12.2 Å². The Balaban J connectivity index is 1.40. The number of nitrogens with one attached hydrogen (secondary N) is 2. The number of benzene rings is 2. The third-order valence-corrected chi connectivity index (χ3v) is 7.65. The Labute approximate surface area is 241 Å². The zero-order chi connectivity index (χ0) is 29.1.